The predicted molar refractivity (Wildman–Crippen MR) is 83.3 cm³/mol. The topological polar surface area (TPSA) is 27.7 Å². The minimum absolute atomic E-state index is 0.167. The van der Waals surface area contributed by atoms with Crippen LogP contribution in [0.4, 0.5) is 4.39 Å². The van der Waals surface area contributed by atoms with Crippen LogP contribution in [-0.2, 0) is 0 Å². The van der Waals surface area contributed by atoms with Crippen molar-refractivity contribution < 1.29 is 9.13 Å². The number of ether oxygens (including phenoxy) is 1. The Balaban J connectivity index is 1.93. The van der Waals surface area contributed by atoms with E-state index in [9.17, 15) is 4.39 Å². The lowest BCUT2D eigenvalue weighted by atomic mass is 10.1. The van der Waals surface area contributed by atoms with Gasteiger partial charge in [0.05, 0.1) is 7.11 Å². The fourth-order valence-electron chi connectivity index (χ4n) is 2.70. The second kappa shape index (κ2) is 7.20. The van der Waals surface area contributed by atoms with E-state index in [1.165, 1.54) is 13.2 Å². The minimum atomic E-state index is -0.318. The highest BCUT2D eigenvalue weighted by atomic mass is 19.1. The van der Waals surface area contributed by atoms with E-state index in [1.807, 2.05) is 6.07 Å². The molecule has 1 N–H and O–H groups in total. The van der Waals surface area contributed by atoms with Crippen LogP contribution in [0.3, 0.4) is 0 Å². The smallest absolute Gasteiger partial charge is 0.165 e. The van der Waals surface area contributed by atoms with E-state index >= 15 is 0 Å². The highest BCUT2D eigenvalue weighted by Crippen LogP contribution is 2.22. The van der Waals surface area contributed by atoms with Crippen molar-refractivity contribution in [3.63, 3.8) is 0 Å². The third kappa shape index (κ3) is 4.15. The first-order valence-electron chi connectivity index (χ1n) is 7.47. The van der Waals surface area contributed by atoms with E-state index in [-0.39, 0.29) is 11.9 Å². The van der Waals surface area contributed by atoms with Gasteiger partial charge < -0.3 is 15.0 Å². The SMILES string of the molecule is COc1cc(C(C)NCC2CN(C)CCN2C)ccc1F. The first-order valence-corrected chi connectivity index (χ1v) is 7.47. The normalized spacial score (nSPS) is 22.2. The number of nitrogens with zero attached hydrogens (tertiary/aromatic N) is 2. The standard InChI is InChI=1S/C16H26FN3O/c1-12(13-5-6-15(17)16(9-13)21-4)18-10-14-11-19(2)7-8-20(14)3/h5-6,9,12,14,18H,7-8,10-11H2,1-4H3. The van der Waals surface area contributed by atoms with E-state index in [0.29, 0.717) is 11.8 Å². The summed E-state index contributed by atoms with van der Waals surface area (Å²) in [6, 6.07) is 5.72. The number of hydrogen-bond acceptors (Lipinski definition) is 4. The molecule has 0 saturated carbocycles. The Bertz CT molecular complexity index is 469. The summed E-state index contributed by atoms with van der Waals surface area (Å²) in [5.41, 5.74) is 1.04. The minimum Gasteiger partial charge on any atom is -0.494 e. The third-order valence-electron chi connectivity index (χ3n) is 4.32. The summed E-state index contributed by atoms with van der Waals surface area (Å²) in [6.45, 7) is 6.31. The average Bonchev–Trinajstić information content (AvgIpc) is 2.48. The van der Waals surface area contributed by atoms with Gasteiger partial charge in [0.25, 0.3) is 0 Å². The van der Waals surface area contributed by atoms with Gasteiger partial charge in [-0.1, -0.05) is 6.07 Å². The van der Waals surface area contributed by atoms with Crippen LogP contribution in [0.1, 0.15) is 18.5 Å². The molecule has 0 spiro atoms. The Morgan fingerprint density at radius 1 is 1.38 bits per heavy atom. The molecule has 21 heavy (non-hydrogen) atoms. The number of nitrogens with one attached hydrogen (secondary N) is 1. The number of methoxy groups -OCH3 is 1. The summed E-state index contributed by atoms with van der Waals surface area (Å²) in [7, 11) is 5.83. The molecule has 0 aromatic heterocycles. The lowest BCUT2D eigenvalue weighted by Crippen LogP contribution is -2.53. The molecule has 1 saturated heterocycles. The summed E-state index contributed by atoms with van der Waals surface area (Å²) in [5.74, 6) is -0.0160. The van der Waals surface area contributed by atoms with Gasteiger partial charge >= 0.3 is 0 Å². The third-order valence-corrected chi connectivity index (χ3v) is 4.32. The molecule has 1 aromatic carbocycles. The zero-order valence-corrected chi connectivity index (χ0v) is 13.4. The van der Waals surface area contributed by atoms with Crippen LogP contribution in [0.25, 0.3) is 0 Å². The van der Waals surface area contributed by atoms with Gasteiger partial charge in [0, 0.05) is 38.3 Å². The van der Waals surface area contributed by atoms with Gasteiger partial charge in [0.15, 0.2) is 11.6 Å². The molecule has 1 aliphatic heterocycles. The Morgan fingerprint density at radius 3 is 2.86 bits per heavy atom. The quantitative estimate of drug-likeness (QED) is 0.895. The van der Waals surface area contributed by atoms with Crippen LogP contribution >= 0.6 is 0 Å². The molecule has 0 aliphatic carbocycles. The summed E-state index contributed by atoms with van der Waals surface area (Å²) in [6.07, 6.45) is 0. The predicted octanol–water partition coefficient (Wildman–Crippen LogP) is 1.73. The van der Waals surface area contributed by atoms with Crippen LogP contribution in [-0.4, -0.2) is 63.2 Å². The van der Waals surface area contributed by atoms with Crippen molar-refractivity contribution in [1.82, 2.24) is 15.1 Å². The summed E-state index contributed by atoms with van der Waals surface area (Å²) < 4.78 is 18.5. The fraction of sp³-hybridized carbons (Fsp3) is 0.625. The molecule has 1 fully saturated rings. The zero-order valence-electron chi connectivity index (χ0n) is 13.4. The van der Waals surface area contributed by atoms with E-state index in [0.717, 1.165) is 31.7 Å². The Hall–Kier alpha value is -1.17. The van der Waals surface area contributed by atoms with E-state index in [1.54, 1.807) is 6.07 Å². The first-order chi connectivity index (χ1) is 10.0. The molecule has 118 valence electrons. The molecule has 0 radical (unpaired) electrons. The fourth-order valence-corrected chi connectivity index (χ4v) is 2.70. The van der Waals surface area contributed by atoms with Gasteiger partial charge in [-0.2, -0.15) is 0 Å². The summed E-state index contributed by atoms with van der Waals surface area (Å²) in [5, 5.41) is 3.54. The van der Waals surface area contributed by atoms with E-state index < -0.39 is 0 Å². The first kappa shape index (κ1) is 16.2. The van der Waals surface area contributed by atoms with Crippen molar-refractivity contribution in [1.29, 1.82) is 0 Å². The molecule has 0 bridgehead atoms. The van der Waals surface area contributed by atoms with Gasteiger partial charge in [-0.25, -0.2) is 4.39 Å². The molecular weight excluding hydrogens is 269 g/mol. The van der Waals surface area contributed by atoms with Crippen LogP contribution in [0.2, 0.25) is 0 Å². The molecule has 2 rings (SSSR count). The maximum atomic E-state index is 13.4. The number of halogens is 1. The second-order valence-corrected chi connectivity index (χ2v) is 5.92. The molecule has 1 aromatic rings. The van der Waals surface area contributed by atoms with Gasteiger partial charge in [-0.3, -0.25) is 4.90 Å². The molecule has 1 aliphatic rings. The largest absolute Gasteiger partial charge is 0.494 e. The summed E-state index contributed by atoms with van der Waals surface area (Å²) in [4.78, 5) is 4.75. The van der Waals surface area contributed by atoms with Gasteiger partial charge in [0.2, 0.25) is 0 Å². The van der Waals surface area contributed by atoms with Crippen LogP contribution in [0.15, 0.2) is 18.2 Å². The maximum absolute atomic E-state index is 13.4. The Morgan fingerprint density at radius 2 is 2.14 bits per heavy atom. The van der Waals surface area contributed by atoms with Crippen LogP contribution < -0.4 is 10.1 Å². The number of rotatable bonds is 5. The van der Waals surface area contributed by atoms with Crippen molar-refractivity contribution in [3.05, 3.63) is 29.6 Å². The highest BCUT2D eigenvalue weighted by molar-refractivity contribution is 5.31. The van der Waals surface area contributed by atoms with Crippen molar-refractivity contribution in [2.75, 3.05) is 47.4 Å². The monoisotopic (exact) mass is 295 g/mol. The van der Waals surface area contributed by atoms with Crippen LogP contribution in [0.5, 0.6) is 5.75 Å². The highest BCUT2D eigenvalue weighted by Gasteiger charge is 2.22. The molecule has 2 unspecified atom stereocenters. The molecular formula is C16H26FN3O. The van der Waals surface area contributed by atoms with Crippen molar-refractivity contribution in [2.24, 2.45) is 0 Å². The van der Waals surface area contributed by atoms with E-state index in [2.05, 4.69) is 36.1 Å². The molecule has 5 heteroatoms. The van der Waals surface area contributed by atoms with Gasteiger partial charge in [-0.05, 0) is 38.7 Å². The Labute approximate surface area is 126 Å². The number of piperazine rings is 1. The van der Waals surface area contributed by atoms with Crippen molar-refractivity contribution in [3.8, 4) is 5.75 Å². The number of likely N-dealkylation sites (N-methyl/N-ethyl adjacent to an activating group) is 2. The number of hydrogen-bond donors (Lipinski definition) is 1. The zero-order chi connectivity index (χ0) is 15.4. The summed E-state index contributed by atoms with van der Waals surface area (Å²) >= 11 is 0. The lowest BCUT2D eigenvalue weighted by Gasteiger charge is -2.38. The van der Waals surface area contributed by atoms with Crippen molar-refractivity contribution in [2.45, 2.75) is 19.0 Å². The molecule has 1 heterocycles. The van der Waals surface area contributed by atoms with Crippen molar-refractivity contribution >= 4 is 0 Å². The molecule has 2 atom stereocenters. The molecule has 0 amide bonds. The van der Waals surface area contributed by atoms with Crippen LogP contribution in [0, 0.1) is 5.82 Å². The van der Waals surface area contributed by atoms with Gasteiger partial charge in [-0.15, -0.1) is 0 Å². The van der Waals surface area contributed by atoms with Gasteiger partial charge in [0.1, 0.15) is 0 Å². The number of benzene rings is 1. The Kier molecular flexibility index (Phi) is 5.56. The van der Waals surface area contributed by atoms with E-state index in [4.69, 9.17) is 4.74 Å². The average molecular weight is 295 g/mol. The molecule has 4 nitrogen and oxygen atoms in total. The second-order valence-electron chi connectivity index (χ2n) is 5.92. The lowest BCUT2D eigenvalue weighted by molar-refractivity contribution is 0.112. The maximum Gasteiger partial charge on any atom is 0.165 e.